The highest BCUT2D eigenvalue weighted by atomic mass is 127. The molecule has 2 aromatic rings. The van der Waals surface area contributed by atoms with E-state index >= 15 is 4.39 Å². The predicted molar refractivity (Wildman–Crippen MR) is 172 cm³/mol. The largest absolute Gasteiger partial charge is 0.487 e. The van der Waals surface area contributed by atoms with Crippen molar-refractivity contribution in [3.63, 3.8) is 0 Å². The number of aliphatic hydroxyl groups excluding tert-OH is 1. The molecule has 4 rings (SSSR count). The van der Waals surface area contributed by atoms with E-state index in [4.69, 9.17) is 21.5 Å². The summed E-state index contributed by atoms with van der Waals surface area (Å²) in [7, 11) is -3.70. The van der Waals surface area contributed by atoms with Crippen molar-refractivity contribution in [3.8, 4) is 5.75 Å². The third-order valence-corrected chi connectivity index (χ3v) is 10.9. The topological polar surface area (TPSA) is 96.1 Å². The van der Waals surface area contributed by atoms with Gasteiger partial charge in [0.2, 0.25) is 10.0 Å². The van der Waals surface area contributed by atoms with Gasteiger partial charge in [0.05, 0.1) is 23.6 Å². The number of anilines is 1. The number of primary sulfonamides is 1. The van der Waals surface area contributed by atoms with Crippen LogP contribution in [-0.2, 0) is 23.1 Å². The summed E-state index contributed by atoms with van der Waals surface area (Å²) in [6.45, 7) is 5.56. The summed E-state index contributed by atoms with van der Waals surface area (Å²) < 4.78 is 46.2. The molecular weight excluding hydrogens is 680 g/mol. The second kappa shape index (κ2) is 14.4. The molecule has 1 saturated heterocycles. The molecule has 11 heteroatoms. The molecule has 41 heavy (non-hydrogen) atoms. The molecule has 0 unspecified atom stereocenters. The summed E-state index contributed by atoms with van der Waals surface area (Å²) in [6.07, 6.45) is 5.42. The minimum absolute atomic E-state index is 0.0546. The Bertz CT molecular complexity index is 1350. The molecule has 7 nitrogen and oxygen atoms in total. The lowest BCUT2D eigenvalue weighted by atomic mass is 9.96. The van der Waals surface area contributed by atoms with Crippen LogP contribution in [0.15, 0.2) is 48.3 Å². The van der Waals surface area contributed by atoms with Gasteiger partial charge in [-0.2, -0.15) is 0 Å². The molecule has 0 radical (unpaired) electrons. The molecule has 4 atom stereocenters. The number of nitrogens with two attached hydrogens (primary N) is 1. The first kappa shape index (κ1) is 32.5. The zero-order chi connectivity index (χ0) is 29.7. The fourth-order valence-corrected chi connectivity index (χ4v) is 6.96. The van der Waals surface area contributed by atoms with E-state index in [0.717, 1.165) is 57.8 Å². The number of benzene rings is 2. The summed E-state index contributed by atoms with van der Waals surface area (Å²) in [6, 6.07) is 11.5. The molecule has 0 bridgehead atoms. The number of allylic oxidation sites excluding steroid dienone is 1. The Morgan fingerprint density at radius 3 is 2.68 bits per heavy atom. The molecular formula is C30H40ClFIN3O4S. The average Bonchev–Trinajstić information content (AvgIpc) is 2.94. The van der Waals surface area contributed by atoms with Crippen molar-refractivity contribution in [1.29, 1.82) is 0 Å². The van der Waals surface area contributed by atoms with E-state index < -0.39 is 27.1 Å². The third-order valence-electron chi connectivity index (χ3n) is 8.45. The van der Waals surface area contributed by atoms with Gasteiger partial charge in [-0.25, -0.2) is 17.9 Å². The Kier molecular flexibility index (Phi) is 11.4. The van der Waals surface area contributed by atoms with Gasteiger partial charge in [0.15, 0.2) is 0 Å². The quantitative estimate of drug-likeness (QED) is 0.325. The smallest absolute Gasteiger partial charge is 0.211 e. The van der Waals surface area contributed by atoms with Gasteiger partial charge in [-0.1, -0.05) is 30.7 Å². The number of hydrogen-bond acceptors (Lipinski definition) is 6. The molecule has 2 heterocycles. The molecule has 2 aliphatic heterocycles. The summed E-state index contributed by atoms with van der Waals surface area (Å²) in [5.41, 5.74) is 3.37. The number of aliphatic hydroxyl groups is 1. The summed E-state index contributed by atoms with van der Waals surface area (Å²) in [5, 5.41) is 15.4. The van der Waals surface area contributed by atoms with E-state index in [0.29, 0.717) is 19.7 Å². The van der Waals surface area contributed by atoms with Crippen molar-refractivity contribution >= 4 is 49.9 Å². The van der Waals surface area contributed by atoms with Crippen LogP contribution >= 0.6 is 34.2 Å². The maximum Gasteiger partial charge on any atom is 0.211 e. The average molecular weight is 720 g/mol. The molecule has 2 aromatic carbocycles. The Hall–Kier alpha value is -1.44. The second-order valence-corrected chi connectivity index (χ2v) is 14.8. The van der Waals surface area contributed by atoms with Crippen LogP contribution in [0.4, 0.5) is 10.1 Å². The normalized spacial score (nSPS) is 21.0. The predicted octanol–water partition coefficient (Wildman–Crippen LogP) is 5.66. The van der Waals surface area contributed by atoms with Gasteiger partial charge in [0.1, 0.15) is 18.2 Å². The Balaban J connectivity index is 1.50. The molecule has 0 aromatic heterocycles. The minimum Gasteiger partial charge on any atom is -0.487 e. The van der Waals surface area contributed by atoms with Crippen LogP contribution in [0.25, 0.3) is 0 Å². The van der Waals surface area contributed by atoms with Gasteiger partial charge < -0.3 is 14.7 Å². The van der Waals surface area contributed by atoms with Crippen molar-refractivity contribution < 1.29 is 22.7 Å². The minimum atomic E-state index is -3.70. The molecule has 2 aliphatic rings. The lowest BCUT2D eigenvalue weighted by molar-refractivity contribution is 0.0236. The van der Waals surface area contributed by atoms with E-state index in [1.165, 1.54) is 18.6 Å². The van der Waals surface area contributed by atoms with Crippen LogP contribution in [0.1, 0.15) is 50.7 Å². The van der Waals surface area contributed by atoms with E-state index in [-0.39, 0.29) is 25.0 Å². The Labute approximate surface area is 262 Å². The SMILES string of the molecule is C[C@H]([C@@H](C)C/C=C(\F)[C@H](CO)N1CC[C@H]1CN1CCCCc2cc(Cl)ccc2COc2ccc(I)cc21)S(N)(=O)=O. The standard InChI is InChI=1S/C30H40ClFIN3O4S/c1-20(21(2)41(34,38)39)6-10-27(32)29(18-37)36-14-12-26(36)17-35-13-4-3-5-22-15-24(31)8-7-23(22)19-40-30-11-9-25(33)16-28(30)35/h7-11,15-16,20-21,26,29,37H,3-6,12-14,17-19H2,1-2H3,(H2,34,38,39)/b27-10-/t20-,21+,26-,29-/m0/s1. The van der Waals surface area contributed by atoms with Gasteiger partial charge in [0, 0.05) is 34.3 Å². The van der Waals surface area contributed by atoms with Gasteiger partial charge in [0.25, 0.3) is 0 Å². The molecule has 0 aliphatic carbocycles. The molecule has 226 valence electrons. The van der Waals surface area contributed by atoms with Gasteiger partial charge in [-0.05, 0) is 109 Å². The Morgan fingerprint density at radius 1 is 1.22 bits per heavy atom. The first-order valence-electron chi connectivity index (χ1n) is 14.2. The number of nitrogens with zero attached hydrogens (tertiary/aromatic N) is 2. The number of hydrogen-bond donors (Lipinski definition) is 2. The highest BCUT2D eigenvalue weighted by molar-refractivity contribution is 14.1. The number of fused-ring (bicyclic) bond motifs is 2. The van der Waals surface area contributed by atoms with E-state index in [1.807, 2.05) is 35.2 Å². The monoisotopic (exact) mass is 719 g/mol. The second-order valence-electron chi connectivity index (χ2n) is 11.2. The van der Waals surface area contributed by atoms with Crippen LogP contribution in [0.5, 0.6) is 5.75 Å². The highest BCUT2D eigenvalue weighted by Crippen LogP contribution is 2.35. The summed E-state index contributed by atoms with van der Waals surface area (Å²) >= 11 is 8.60. The van der Waals surface area contributed by atoms with E-state index in [1.54, 1.807) is 6.92 Å². The zero-order valence-electron chi connectivity index (χ0n) is 23.6. The van der Waals surface area contributed by atoms with Crippen LogP contribution in [-0.4, -0.2) is 62.0 Å². The number of aryl methyl sites for hydroxylation is 1. The van der Waals surface area contributed by atoms with Crippen molar-refractivity contribution in [2.45, 2.75) is 69.9 Å². The van der Waals surface area contributed by atoms with Gasteiger partial charge >= 0.3 is 0 Å². The van der Waals surface area contributed by atoms with Crippen LogP contribution in [0.3, 0.4) is 0 Å². The van der Waals surface area contributed by atoms with E-state index in [2.05, 4.69) is 33.6 Å². The van der Waals surface area contributed by atoms with Crippen LogP contribution in [0.2, 0.25) is 5.02 Å². The van der Waals surface area contributed by atoms with Gasteiger partial charge in [-0.3, -0.25) is 4.90 Å². The molecule has 3 N–H and O–H groups in total. The molecule has 1 fully saturated rings. The van der Waals surface area contributed by atoms with Gasteiger partial charge in [-0.15, -0.1) is 0 Å². The number of halogens is 3. The molecule has 0 amide bonds. The Morgan fingerprint density at radius 2 is 2.00 bits per heavy atom. The zero-order valence-corrected chi connectivity index (χ0v) is 27.3. The molecule has 0 spiro atoms. The first-order valence-corrected chi connectivity index (χ1v) is 17.2. The third kappa shape index (κ3) is 8.35. The number of ether oxygens (including phenoxy) is 1. The number of rotatable bonds is 9. The fourth-order valence-electron chi connectivity index (χ4n) is 5.53. The lowest BCUT2D eigenvalue weighted by Crippen LogP contribution is -2.59. The highest BCUT2D eigenvalue weighted by Gasteiger charge is 2.37. The number of likely N-dealkylation sites (tertiary alicyclic amines) is 1. The van der Waals surface area contributed by atoms with Crippen molar-refractivity contribution in [2.75, 3.05) is 31.1 Å². The first-order chi connectivity index (χ1) is 19.5. The lowest BCUT2D eigenvalue weighted by Gasteiger charge is -2.47. The van der Waals surface area contributed by atoms with Crippen molar-refractivity contribution in [1.82, 2.24) is 4.90 Å². The van der Waals surface area contributed by atoms with Crippen molar-refractivity contribution in [3.05, 3.63) is 68.0 Å². The maximum absolute atomic E-state index is 15.4. The maximum atomic E-state index is 15.4. The van der Waals surface area contributed by atoms with Crippen molar-refractivity contribution in [2.24, 2.45) is 11.1 Å². The fraction of sp³-hybridized carbons (Fsp3) is 0.533. The summed E-state index contributed by atoms with van der Waals surface area (Å²) in [4.78, 5) is 4.35. The summed E-state index contributed by atoms with van der Waals surface area (Å²) in [5.74, 6) is 0.0289. The number of sulfonamides is 1. The van der Waals surface area contributed by atoms with Crippen LogP contribution < -0.4 is 14.8 Å². The molecule has 0 saturated carbocycles. The van der Waals surface area contributed by atoms with Crippen LogP contribution in [0, 0.1) is 9.49 Å². The van der Waals surface area contributed by atoms with E-state index in [9.17, 15) is 13.5 Å².